The van der Waals surface area contributed by atoms with E-state index in [2.05, 4.69) is 62.6 Å². The summed E-state index contributed by atoms with van der Waals surface area (Å²) in [5, 5.41) is 5.40. The van der Waals surface area contributed by atoms with Crippen LogP contribution in [0, 0.1) is 0 Å². The molecule has 1 aromatic rings. The van der Waals surface area contributed by atoms with E-state index in [0.717, 1.165) is 0 Å². The van der Waals surface area contributed by atoms with Crippen LogP contribution in [-0.2, 0) is 0 Å². The lowest BCUT2D eigenvalue weighted by Gasteiger charge is -2.31. The molecule has 22 heavy (non-hydrogen) atoms. The number of hydrogen-bond donors (Lipinski definition) is 0. The molecule has 1 aromatic carbocycles. The van der Waals surface area contributed by atoms with E-state index in [0.29, 0.717) is 0 Å². The molecule has 1 aliphatic carbocycles. The maximum atomic E-state index is 2.61. The van der Waals surface area contributed by atoms with Crippen LogP contribution in [0.5, 0.6) is 0 Å². The molecule has 0 saturated carbocycles. The first kappa shape index (κ1) is 16.0. The van der Waals surface area contributed by atoms with Gasteiger partial charge >= 0.3 is 0 Å². The molecule has 0 nitrogen and oxygen atoms in total. The van der Waals surface area contributed by atoms with Gasteiger partial charge in [0.1, 0.15) is 8.07 Å². The van der Waals surface area contributed by atoms with Gasteiger partial charge < -0.3 is 0 Å². The summed E-state index contributed by atoms with van der Waals surface area (Å²) >= 11 is 0. The summed E-state index contributed by atoms with van der Waals surface area (Å²) in [4.78, 5) is 0. The molecule has 0 saturated heterocycles. The Morgan fingerprint density at radius 1 is 0.955 bits per heavy atom. The smallest absolute Gasteiger partial charge is 0.0814 e. The first-order valence-electron chi connectivity index (χ1n) is 8.92. The monoisotopic (exact) mass is 326 g/mol. The lowest BCUT2D eigenvalue weighted by Crippen LogP contribution is -2.44. The Hall–Kier alpha value is -0.866. The predicted molar refractivity (Wildman–Crippen MR) is 104 cm³/mol. The van der Waals surface area contributed by atoms with Crippen LogP contribution in [-0.4, -0.2) is 16.1 Å². The molecule has 2 aliphatic rings. The van der Waals surface area contributed by atoms with Crippen LogP contribution in [0.4, 0.5) is 0 Å². The molecule has 0 N–H and O–H groups in total. The second-order valence-electron chi connectivity index (χ2n) is 8.20. The first-order valence-corrected chi connectivity index (χ1v) is 15.1. The summed E-state index contributed by atoms with van der Waals surface area (Å²) in [5.74, 6) is 0. The number of rotatable bonds is 3. The molecule has 0 spiro atoms. The van der Waals surface area contributed by atoms with E-state index in [9.17, 15) is 0 Å². The third-order valence-corrected chi connectivity index (χ3v) is 13.4. The van der Waals surface area contributed by atoms with Gasteiger partial charge in [-0.05, 0) is 32.1 Å². The average molecular weight is 327 g/mol. The van der Waals surface area contributed by atoms with Crippen molar-refractivity contribution in [2.24, 2.45) is 0 Å². The zero-order valence-corrected chi connectivity index (χ0v) is 16.7. The van der Waals surface area contributed by atoms with Crippen molar-refractivity contribution in [3.05, 3.63) is 52.4 Å². The number of allylic oxidation sites excluding steroid dienone is 4. The normalized spacial score (nSPS) is 21.9. The lowest BCUT2D eigenvalue weighted by atomic mass is 9.99. The molecule has 3 rings (SSSR count). The summed E-state index contributed by atoms with van der Waals surface area (Å²) in [6.45, 7) is 10.4. The zero-order valence-electron chi connectivity index (χ0n) is 14.7. The summed E-state index contributed by atoms with van der Waals surface area (Å²) in [6.07, 6.45) is 9.42. The highest BCUT2D eigenvalue weighted by molar-refractivity contribution is 6.99. The van der Waals surface area contributed by atoms with Crippen LogP contribution in [0.25, 0.3) is 0 Å². The summed E-state index contributed by atoms with van der Waals surface area (Å²) in [6, 6.07) is 12.8. The second kappa shape index (κ2) is 5.97. The topological polar surface area (TPSA) is 0 Å². The van der Waals surface area contributed by atoms with Crippen molar-refractivity contribution in [1.82, 2.24) is 0 Å². The summed E-state index contributed by atoms with van der Waals surface area (Å²) in [7, 11) is -2.73. The quantitative estimate of drug-likeness (QED) is 0.635. The van der Waals surface area contributed by atoms with Crippen molar-refractivity contribution in [3.8, 4) is 0 Å². The molecule has 0 unspecified atom stereocenters. The van der Waals surface area contributed by atoms with Crippen LogP contribution < -0.4 is 5.19 Å². The molecule has 118 valence electrons. The van der Waals surface area contributed by atoms with Crippen molar-refractivity contribution in [3.63, 3.8) is 0 Å². The van der Waals surface area contributed by atoms with Crippen LogP contribution >= 0.6 is 0 Å². The van der Waals surface area contributed by atoms with Gasteiger partial charge in [0.05, 0.1) is 8.07 Å². The Labute approximate surface area is 138 Å². The minimum Gasteiger partial charge on any atom is -0.0814 e. The van der Waals surface area contributed by atoms with E-state index in [1.807, 2.05) is 10.4 Å². The van der Waals surface area contributed by atoms with Crippen LogP contribution in [0.2, 0.25) is 32.2 Å². The fraction of sp³-hybridized carbons (Fsp3) is 0.500. The van der Waals surface area contributed by atoms with Crippen molar-refractivity contribution >= 4 is 21.3 Å². The highest BCUT2D eigenvalue weighted by Crippen LogP contribution is 2.44. The zero-order chi connectivity index (χ0) is 15.8. The van der Waals surface area contributed by atoms with Crippen molar-refractivity contribution in [1.29, 1.82) is 0 Å². The Bertz CT molecular complexity index is 606. The maximum absolute atomic E-state index is 2.61. The largest absolute Gasteiger partial charge is 0.107 e. The Morgan fingerprint density at radius 3 is 2.32 bits per heavy atom. The van der Waals surface area contributed by atoms with Crippen LogP contribution in [0.1, 0.15) is 32.1 Å². The van der Waals surface area contributed by atoms with Gasteiger partial charge in [0, 0.05) is 0 Å². The third kappa shape index (κ3) is 2.83. The van der Waals surface area contributed by atoms with Gasteiger partial charge in [0.15, 0.2) is 0 Å². The summed E-state index contributed by atoms with van der Waals surface area (Å²) in [5.41, 5.74) is 1.76. The van der Waals surface area contributed by atoms with Gasteiger partial charge in [0.2, 0.25) is 0 Å². The van der Waals surface area contributed by atoms with Crippen LogP contribution in [0.15, 0.2) is 52.4 Å². The van der Waals surface area contributed by atoms with Gasteiger partial charge in [-0.15, -0.1) is 0 Å². The minimum atomic E-state index is -1.51. The fourth-order valence-corrected chi connectivity index (χ4v) is 12.7. The molecule has 0 bridgehead atoms. The SMILES string of the molecule is C[Si]1(C)CCC([Si](C)(C)c2ccccc2)=C1C1=CCCCC1. The van der Waals surface area contributed by atoms with E-state index in [1.165, 1.54) is 38.1 Å². The van der Waals surface area contributed by atoms with E-state index < -0.39 is 16.1 Å². The predicted octanol–water partition coefficient (Wildman–Crippen LogP) is 5.59. The molecule has 0 atom stereocenters. The standard InChI is InChI=1S/C20H30Si2/c1-21(2)16-15-19(20(21)17-11-7-5-8-12-17)22(3,4)18-13-9-6-10-14-18/h6,9-11,13-14H,5,7-8,12,15-16H2,1-4H3. The average Bonchev–Trinajstić information content (AvgIpc) is 2.85. The molecular formula is C20H30Si2. The highest BCUT2D eigenvalue weighted by Gasteiger charge is 2.42. The van der Waals surface area contributed by atoms with Gasteiger partial charge in [-0.2, -0.15) is 0 Å². The van der Waals surface area contributed by atoms with Gasteiger partial charge in [-0.25, -0.2) is 0 Å². The Balaban J connectivity index is 2.11. The van der Waals surface area contributed by atoms with Crippen molar-refractivity contribution in [2.45, 2.75) is 64.3 Å². The van der Waals surface area contributed by atoms with Crippen LogP contribution in [0.3, 0.4) is 0 Å². The molecule has 0 aromatic heterocycles. The van der Waals surface area contributed by atoms with Crippen molar-refractivity contribution in [2.75, 3.05) is 0 Å². The molecule has 0 fully saturated rings. The molecular weight excluding hydrogens is 296 g/mol. The van der Waals surface area contributed by atoms with Crippen molar-refractivity contribution < 1.29 is 0 Å². The fourth-order valence-electron chi connectivity index (χ4n) is 4.44. The van der Waals surface area contributed by atoms with E-state index in [-0.39, 0.29) is 0 Å². The van der Waals surface area contributed by atoms with Gasteiger partial charge in [-0.3, -0.25) is 0 Å². The van der Waals surface area contributed by atoms with E-state index in [4.69, 9.17) is 0 Å². The minimum absolute atomic E-state index is 1.22. The number of hydrogen-bond acceptors (Lipinski definition) is 0. The van der Waals surface area contributed by atoms with Gasteiger partial charge in [-0.1, -0.05) is 89.8 Å². The molecule has 2 heteroatoms. The molecule has 1 aliphatic heterocycles. The van der Waals surface area contributed by atoms with Gasteiger partial charge in [0.25, 0.3) is 0 Å². The lowest BCUT2D eigenvalue weighted by molar-refractivity contribution is 0.709. The van der Waals surface area contributed by atoms with E-state index >= 15 is 0 Å². The first-order chi connectivity index (χ1) is 10.4. The Kier molecular flexibility index (Phi) is 4.34. The Morgan fingerprint density at radius 2 is 1.68 bits per heavy atom. The number of benzene rings is 1. The van der Waals surface area contributed by atoms with E-state index in [1.54, 1.807) is 10.8 Å². The maximum Gasteiger partial charge on any atom is 0.107 e. The molecule has 0 amide bonds. The highest BCUT2D eigenvalue weighted by atomic mass is 28.3. The summed E-state index contributed by atoms with van der Waals surface area (Å²) < 4.78 is 0. The third-order valence-electron chi connectivity index (χ3n) is 5.84. The molecule has 1 heterocycles. The second-order valence-corrected chi connectivity index (χ2v) is 17.4. The molecule has 0 radical (unpaired) electrons.